The molecule has 0 aliphatic carbocycles. The molecule has 0 unspecified atom stereocenters. The second kappa shape index (κ2) is 10.4. The molecule has 1 aliphatic rings. The molecule has 2 aromatic rings. The quantitative estimate of drug-likeness (QED) is 0.846. The van der Waals surface area contributed by atoms with Gasteiger partial charge in [-0.3, -0.25) is 14.6 Å². The highest BCUT2D eigenvalue weighted by atomic mass is 16.5. The van der Waals surface area contributed by atoms with Crippen LogP contribution in [0.1, 0.15) is 18.5 Å². The molecular formula is C21H27N5O3. The molecule has 154 valence electrons. The Morgan fingerprint density at radius 3 is 2.93 bits per heavy atom. The number of rotatable bonds is 3. The number of aromatic nitrogens is 2. The number of ether oxygens (including phenoxy) is 1. The van der Waals surface area contributed by atoms with Crippen LogP contribution < -0.4 is 10.1 Å². The second-order valence-electron chi connectivity index (χ2n) is 7.01. The molecule has 3 heterocycles. The zero-order valence-electron chi connectivity index (χ0n) is 16.7. The molecule has 0 aromatic carbocycles. The summed E-state index contributed by atoms with van der Waals surface area (Å²) in [7, 11) is 1.77. The standard InChI is InChI=1S/C21H27N5O3/c1-25-12-5-11-23-19-9-2-6-17(24-19)7-4-13-26(15-20(25)27)21(28)16-29-18-8-3-10-22-14-18/h2-3,6,8-10,14H,4-5,7,11-13,15-16H2,1H3,(H,23,24). The van der Waals surface area contributed by atoms with Crippen molar-refractivity contribution in [3.05, 3.63) is 48.4 Å². The zero-order chi connectivity index (χ0) is 20.5. The van der Waals surface area contributed by atoms with Crippen LogP contribution >= 0.6 is 0 Å². The van der Waals surface area contributed by atoms with Crippen molar-refractivity contribution >= 4 is 17.6 Å². The average Bonchev–Trinajstić information content (AvgIpc) is 2.74. The zero-order valence-corrected chi connectivity index (χ0v) is 16.7. The fourth-order valence-corrected chi connectivity index (χ4v) is 3.07. The monoisotopic (exact) mass is 397 g/mol. The van der Waals surface area contributed by atoms with Gasteiger partial charge in [0.15, 0.2) is 6.61 Å². The Bertz CT molecular complexity index is 815. The first kappa shape index (κ1) is 20.6. The van der Waals surface area contributed by atoms with Gasteiger partial charge in [0.25, 0.3) is 5.91 Å². The van der Waals surface area contributed by atoms with Gasteiger partial charge >= 0.3 is 0 Å². The summed E-state index contributed by atoms with van der Waals surface area (Å²) in [5.74, 6) is 1.07. The van der Waals surface area contributed by atoms with Crippen LogP contribution in [-0.2, 0) is 16.0 Å². The minimum Gasteiger partial charge on any atom is -0.482 e. The molecule has 1 N–H and O–H groups in total. The van der Waals surface area contributed by atoms with Gasteiger partial charge in [-0.1, -0.05) is 6.07 Å². The number of nitrogens with zero attached hydrogens (tertiary/aromatic N) is 4. The van der Waals surface area contributed by atoms with Crippen LogP contribution in [0.3, 0.4) is 0 Å². The SMILES string of the molecule is CN1CCCNc2cccc(n2)CCCN(C(=O)COc2cccnc2)CC1=O. The Balaban J connectivity index is 1.66. The lowest BCUT2D eigenvalue weighted by Crippen LogP contribution is -2.44. The highest BCUT2D eigenvalue weighted by molar-refractivity contribution is 5.85. The predicted octanol–water partition coefficient (Wildman–Crippen LogP) is 1.59. The van der Waals surface area contributed by atoms with Crippen molar-refractivity contribution in [1.29, 1.82) is 0 Å². The molecule has 0 saturated heterocycles. The lowest BCUT2D eigenvalue weighted by Gasteiger charge is -2.26. The van der Waals surface area contributed by atoms with E-state index in [9.17, 15) is 9.59 Å². The number of likely N-dealkylation sites (N-methyl/N-ethyl adjacent to an activating group) is 1. The van der Waals surface area contributed by atoms with Gasteiger partial charge in [-0.05, 0) is 43.5 Å². The van der Waals surface area contributed by atoms with Crippen molar-refractivity contribution in [1.82, 2.24) is 19.8 Å². The van der Waals surface area contributed by atoms with Gasteiger partial charge in [0.05, 0.1) is 12.7 Å². The van der Waals surface area contributed by atoms with E-state index < -0.39 is 0 Å². The number of nitrogens with one attached hydrogen (secondary N) is 1. The van der Waals surface area contributed by atoms with Crippen molar-refractivity contribution in [3.8, 4) is 5.75 Å². The number of anilines is 1. The molecular weight excluding hydrogens is 370 g/mol. The van der Waals surface area contributed by atoms with Crippen molar-refractivity contribution in [2.45, 2.75) is 19.3 Å². The third-order valence-electron chi connectivity index (χ3n) is 4.75. The minimum atomic E-state index is -0.217. The Labute approximate surface area is 170 Å². The Kier molecular flexibility index (Phi) is 7.38. The van der Waals surface area contributed by atoms with Crippen LogP contribution in [0, 0.1) is 0 Å². The molecule has 1 aliphatic heterocycles. The molecule has 3 rings (SSSR count). The minimum absolute atomic E-state index is 0.0482. The number of amides is 2. The van der Waals surface area contributed by atoms with E-state index in [1.165, 1.54) is 0 Å². The second-order valence-corrected chi connectivity index (χ2v) is 7.01. The average molecular weight is 397 g/mol. The third kappa shape index (κ3) is 6.44. The molecule has 2 amide bonds. The summed E-state index contributed by atoms with van der Waals surface area (Å²) in [5, 5.41) is 3.30. The molecule has 0 saturated carbocycles. The van der Waals surface area contributed by atoms with E-state index in [4.69, 9.17) is 4.74 Å². The molecule has 0 fully saturated rings. The fourth-order valence-electron chi connectivity index (χ4n) is 3.07. The summed E-state index contributed by atoms with van der Waals surface area (Å²) in [6.07, 6.45) is 5.44. The van der Waals surface area contributed by atoms with Gasteiger partial charge in [-0.15, -0.1) is 0 Å². The van der Waals surface area contributed by atoms with Crippen LogP contribution in [0.15, 0.2) is 42.7 Å². The van der Waals surface area contributed by atoms with Gasteiger partial charge in [0.2, 0.25) is 5.91 Å². The number of pyridine rings is 2. The van der Waals surface area contributed by atoms with Gasteiger partial charge in [-0.2, -0.15) is 0 Å². The summed E-state index contributed by atoms with van der Waals surface area (Å²) in [6.45, 7) is 1.73. The van der Waals surface area contributed by atoms with Crippen molar-refractivity contribution in [3.63, 3.8) is 0 Å². The third-order valence-corrected chi connectivity index (χ3v) is 4.75. The Morgan fingerprint density at radius 1 is 1.21 bits per heavy atom. The van der Waals surface area contributed by atoms with Gasteiger partial charge in [-0.25, -0.2) is 4.98 Å². The highest BCUT2D eigenvalue weighted by Gasteiger charge is 2.20. The van der Waals surface area contributed by atoms with Gasteiger partial charge < -0.3 is 19.9 Å². The van der Waals surface area contributed by atoms with Crippen LogP contribution in [0.5, 0.6) is 5.75 Å². The lowest BCUT2D eigenvalue weighted by molar-refractivity contribution is -0.141. The molecule has 0 radical (unpaired) electrons. The number of carbonyl (C=O) groups is 2. The molecule has 8 heteroatoms. The normalized spacial score (nSPS) is 16.0. The maximum atomic E-state index is 12.7. The van der Waals surface area contributed by atoms with Crippen molar-refractivity contribution < 1.29 is 14.3 Å². The van der Waals surface area contributed by atoms with E-state index >= 15 is 0 Å². The van der Waals surface area contributed by atoms with E-state index in [-0.39, 0.29) is 25.0 Å². The summed E-state index contributed by atoms with van der Waals surface area (Å²) in [6, 6.07) is 9.39. The Morgan fingerprint density at radius 2 is 2.10 bits per heavy atom. The number of fused-ring (bicyclic) bond motifs is 2. The van der Waals surface area contributed by atoms with Crippen LogP contribution in [0.25, 0.3) is 0 Å². The topological polar surface area (TPSA) is 87.7 Å². The van der Waals surface area contributed by atoms with Crippen LogP contribution in [0.4, 0.5) is 5.82 Å². The maximum Gasteiger partial charge on any atom is 0.260 e. The molecule has 2 bridgehead atoms. The summed E-state index contributed by atoms with van der Waals surface area (Å²) < 4.78 is 5.53. The largest absolute Gasteiger partial charge is 0.482 e. The van der Waals surface area contributed by atoms with Crippen molar-refractivity contribution in [2.75, 3.05) is 45.2 Å². The summed E-state index contributed by atoms with van der Waals surface area (Å²) in [4.78, 5) is 37.1. The summed E-state index contributed by atoms with van der Waals surface area (Å²) >= 11 is 0. The molecule has 0 spiro atoms. The lowest BCUT2D eigenvalue weighted by atomic mass is 10.2. The van der Waals surface area contributed by atoms with Gasteiger partial charge in [0.1, 0.15) is 11.6 Å². The molecule has 8 nitrogen and oxygen atoms in total. The number of carbonyl (C=O) groups excluding carboxylic acids is 2. The van der Waals surface area contributed by atoms with E-state index in [2.05, 4.69) is 15.3 Å². The first-order valence-corrected chi connectivity index (χ1v) is 9.86. The highest BCUT2D eigenvalue weighted by Crippen LogP contribution is 2.10. The van der Waals surface area contributed by atoms with Crippen LogP contribution in [-0.4, -0.2) is 71.4 Å². The first-order valence-electron chi connectivity index (χ1n) is 9.86. The van der Waals surface area contributed by atoms with Crippen LogP contribution in [0.2, 0.25) is 0 Å². The summed E-state index contributed by atoms with van der Waals surface area (Å²) in [5.41, 5.74) is 0.967. The predicted molar refractivity (Wildman–Crippen MR) is 110 cm³/mol. The van der Waals surface area contributed by atoms with Crippen molar-refractivity contribution in [2.24, 2.45) is 0 Å². The molecule has 29 heavy (non-hydrogen) atoms. The first-order chi connectivity index (χ1) is 14.1. The van der Waals surface area contributed by atoms with Gasteiger partial charge in [0, 0.05) is 38.6 Å². The van der Waals surface area contributed by atoms with E-state index in [1.807, 2.05) is 18.2 Å². The van der Waals surface area contributed by atoms with E-state index in [0.717, 1.165) is 30.9 Å². The number of hydrogen-bond acceptors (Lipinski definition) is 6. The number of aryl methyl sites for hydroxylation is 1. The van der Waals surface area contributed by atoms with E-state index in [0.29, 0.717) is 25.3 Å². The fraction of sp³-hybridized carbons (Fsp3) is 0.429. The Hall–Kier alpha value is -3.16. The van der Waals surface area contributed by atoms with E-state index in [1.54, 1.807) is 41.4 Å². The molecule has 0 atom stereocenters. The maximum absolute atomic E-state index is 12.7. The number of hydrogen-bond donors (Lipinski definition) is 1. The molecule has 2 aromatic heterocycles. The smallest absolute Gasteiger partial charge is 0.260 e.